The number of carbonyl (C=O) groups excluding carboxylic acids is 1. The van der Waals surface area contributed by atoms with Crippen LogP contribution in [0.2, 0.25) is 0 Å². The summed E-state index contributed by atoms with van der Waals surface area (Å²) in [6, 6.07) is 17.1. The lowest BCUT2D eigenvalue weighted by atomic mass is 10.1. The number of nitrogens with one attached hydrogen (secondary N) is 1. The zero-order chi connectivity index (χ0) is 17.5. The van der Waals surface area contributed by atoms with Gasteiger partial charge in [0, 0.05) is 11.4 Å². The van der Waals surface area contributed by atoms with Crippen LogP contribution >= 0.6 is 11.8 Å². The molecule has 5 heteroatoms. The number of halogens is 1. The van der Waals surface area contributed by atoms with Gasteiger partial charge in [0.2, 0.25) is 5.91 Å². The van der Waals surface area contributed by atoms with Gasteiger partial charge in [-0.05, 0) is 43.6 Å². The summed E-state index contributed by atoms with van der Waals surface area (Å²) in [7, 11) is 0. The van der Waals surface area contributed by atoms with E-state index in [1.165, 1.54) is 36.2 Å². The van der Waals surface area contributed by atoms with E-state index < -0.39 is 0 Å². The third-order valence-corrected chi connectivity index (χ3v) is 5.50. The summed E-state index contributed by atoms with van der Waals surface area (Å²) < 4.78 is 13.6. The molecule has 0 saturated carbocycles. The van der Waals surface area contributed by atoms with E-state index in [0.29, 0.717) is 11.4 Å². The van der Waals surface area contributed by atoms with Crippen molar-refractivity contribution in [2.24, 2.45) is 0 Å². The zero-order valence-corrected chi connectivity index (χ0v) is 15.0. The summed E-state index contributed by atoms with van der Waals surface area (Å²) in [6.45, 7) is 2.72. The Morgan fingerprint density at radius 2 is 1.76 bits per heavy atom. The Morgan fingerprint density at radius 3 is 2.48 bits per heavy atom. The number of hydrogen-bond acceptors (Lipinski definition) is 3. The number of thioether (sulfide) groups is 1. The van der Waals surface area contributed by atoms with Crippen LogP contribution in [-0.4, -0.2) is 36.2 Å². The molecule has 3 nitrogen and oxygen atoms in total. The minimum absolute atomic E-state index is 0.0617. The summed E-state index contributed by atoms with van der Waals surface area (Å²) in [5.74, 6) is -0.115. The van der Waals surface area contributed by atoms with E-state index in [2.05, 4.69) is 22.3 Å². The second-order valence-corrected chi connectivity index (χ2v) is 7.21. The van der Waals surface area contributed by atoms with E-state index in [1.807, 2.05) is 18.2 Å². The van der Waals surface area contributed by atoms with Crippen LogP contribution in [0.25, 0.3) is 0 Å². The van der Waals surface area contributed by atoms with Crippen molar-refractivity contribution >= 4 is 17.7 Å². The molecule has 0 unspecified atom stereocenters. The Kier molecular flexibility index (Phi) is 6.48. The molecule has 2 aromatic rings. The molecule has 1 atom stereocenters. The fraction of sp³-hybridized carbons (Fsp3) is 0.350. The number of carbonyl (C=O) groups is 1. The molecule has 0 aromatic heterocycles. The lowest BCUT2D eigenvalue weighted by molar-refractivity contribution is -0.118. The second-order valence-electron chi connectivity index (χ2n) is 6.19. The van der Waals surface area contributed by atoms with Gasteiger partial charge in [0.25, 0.3) is 0 Å². The molecular formula is C20H23FN2OS. The van der Waals surface area contributed by atoms with Gasteiger partial charge in [0.15, 0.2) is 0 Å². The van der Waals surface area contributed by atoms with Crippen LogP contribution in [0.3, 0.4) is 0 Å². The number of hydrogen-bond donors (Lipinski definition) is 1. The van der Waals surface area contributed by atoms with Crippen molar-refractivity contribution in [1.82, 2.24) is 10.2 Å². The lowest BCUT2D eigenvalue weighted by Gasteiger charge is -2.28. The van der Waals surface area contributed by atoms with Gasteiger partial charge < -0.3 is 5.32 Å². The van der Waals surface area contributed by atoms with Crippen LogP contribution in [0.15, 0.2) is 59.5 Å². The number of benzene rings is 2. The van der Waals surface area contributed by atoms with Crippen LogP contribution in [0.5, 0.6) is 0 Å². The van der Waals surface area contributed by atoms with Crippen LogP contribution in [0, 0.1) is 5.82 Å². The Balaban J connectivity index is 1.55. The summed E-state index contributed by atoms with van der Waals surface area (Å²) in [6.07, 6.45) is 2.42. The topological polar surface area (TPSA) is 32.3 Å². The standard InChI is InChI=1S/C20H23FN2OS/c21-17-10-4-5-11-19(17)25-15-20(24)22-14-18(23-12-6-7-13-23)16-8-2-1-3-9-16/h1-5,8-11,18H,6-7,12-15H2,(H,22,24)/t18-/m1/s1. The number of amides is 1. The Hall–Kier alpha value is -1.85. The zero-order valence-electron chi connectivity index (χ0n) is 14.2. The van der Waals surface area contributed by atoms with E-state index in [0.717, 1.165) is 13.1 Å². The van der Waals surface area contributed by atoms with Crippen molar-refractivity contribution in [1.29, 1.82) is 0 Å². The van der Waals surface area contributed by atoms with Crippen molar-refractivity contribution in [3.63, 3.8) is 0 Å². The first kappa shape index (κ1) is 18.0. The largest absolute Gasteiger partial charge is 0.353 e. The van der Waals surface area contributed by atoms with E-state index in [-0.39, 0.29) is 23.5 Å². The van der Waals surface area contributed by atoms with Crippen LogP contribution in [0.4, 0.5) is 4.39 Å². The van der Waals surface area contributed by atoms with Crippen molar-refractivity contribution < 1.29 is 9.18 Å². The maximum atomic E-state index is 13.6. The first-order chi connectivity index (χ1) is 12.2. The highest BCUT2D eigenvalue weighted by atomic mass is 32.2. The molecule has 1 saturated heterocycles. The SMILES string of the molecule is O=C(CSc1ccccc1F)NC[C@H](c1ccccc1)N1CCCC1. The molecule has 1 heterocycles. The average Bonchev–Trinajstić information content (AvgIpc) is 3.16. The molecule has 25 heavy (non-hydrogen) atoms. The molecule has 2 aromatic carbocycles. The summed E-state index contributed by atoms with van der Waals surface area (Å²) in [5, 5.41) is 3.02. The first-order valence-corrected chi connectivity index (χ1v) is 9.65. The van der Waals surface area contributed by atoms with Crippen molar-refractivity contribution in [2.45, 2.75) is 23.8 Å². The van der Waals surface area contributed by atoms with Gasteiger partial charge in [-0.25, -0.2) is 4.39 Å². The van der Waals surface area contributed by atoms with E-state index in [4.69, 9.17) is 0 Å². The summed E-state index contributed by atoms with van der Waals surface area (Å²) in [5.41, 5.74) is 1.23. The van der Waals surface area contributed by atoms with Crippen molar-refractivity contribution in [3.05, 3.63) is 66.0 Å². The molecular weight excluding hydrogens is 335 g/mol. The lowest BCUT2D eigenvalue weighted by Crippen LogP contribution is -2.37. The average molecular weight is 358 g/mol. The highest BCUT2D eigenvalue weighted by Gasteiger charge is 2.23. The third-order valence-electron chi connectivity index (χ3n) is 4.45. The molecule has 0 aliphatic carbocycles. The fourth-order valence-electron chi connectivity index (χ4n) is 3.15. The van der Waals surface area contributed by atoms with E-state index >= 15 is 0 Å². The molecule has 132 valence electrons. The predicted molar refractivity (Wildman–Crippen MR) is 100 cm³/mol. The molecule has 3 rings (SSSR count). The first-order valence-electron chi connectivity index (χ1n) is 8.67. The Bertz CT molecular complexity index is 689. The summed E-state index contributed by atoms with van der Waals surface area (Å²) in [4.78, 5) is 15.1. The van der Waals surface area contributed by atoms with Crippen LogP contribution < -0.4 is 5.32 Å². The van der Waals surface area contributed by atoms with Crippen molar-refractivity contribution in [3.8, 4) is 0 Å². The number of nitrogens with zero attached hydrogens (tertiary/aromatic N) is 1. The Morgan fingerprint density at radius 1 is 1.08 bits per heavy atom. The summed E-state index contributed by atoms with van der Waals surface area (Å²) >= 11 is 1.23. The van der Waals surface area contributed by atoms with Crippen LogP contribution in [0.1, 0.15) is 24.4 Å². The van der Waals surface area contributed by atoms with Gasteiger partial charge in [0.1, 0.15) is 5.82 Å². The minimum atomic E-state index is -0.278. The molecule has 1 N–H and O–H groups in total. The van der Waals surface area contributed by atoms with Gasteiger partial charge in [0.05, 0.1) is 11.8 Å². The van der Waals surface area contributed by atoms with Crippen LogP contribution in [-0.2, 0) is 4.79 Å². The highest BCUT2D eigenvalue weighted by molar-refractivity contribution is 8.00. The maximum absolute atomic E-state index is 13.6. The van der Waals surface area contributed by atoms with Gasteiger partial charge >= 0.3 is 0 Å². The monoisotopic (exact) mass is 358 g/mol. The minimum Gasteiger partial charge on any atom is -0.353 e. The molecule has 1 aliphatic rings. The number of likely N-dealkylation sites (tertiary alicyclic amines) is 1. The van der Waals surface area contributed by atoms with Crippen molar-refractivity contribution in [2.75, 3.05) is 25.4 Å². The van der Waals surface area contributed by atoms with E-state index in [9.17, 15) is 9.18 Å². The molecule has 0 spiro atoms. The molecule has 0 bridgehead atoms. The quantitative estimate of drug-likeness (QED) is 0.763. The predicted octanol–water partition coefficient (Wildman–Crippen LogP) is 3.87. The van der Waals surface area contributed by atoms with E-state index in [1.54, 1.807) is 18.2 Å². The van der Waals surface area contributed by atoms with Gasteiger partial charge in [-0.1, -0.05) is 42.5 Å². The Labute approximate surface area is 152 Å². The normalized spacial score (nSPS) is 15.9. The molecule has 0 radical (unpaired) electrons. The number of rotatable bonds is 7. The van der Waals surface area contributed by atoms with Gasteiger partial charge in [-0.3, -0.25) is 9.69 Å². The van der Waals surface area contributed by atoms with Gasteiger partial charge in [-0.15, -0.1) is 11.8 Å². The maximum Gasteiger partial charge on any atom is 0.230 e. The molecule has 1 amide bonds. The second kappa shape index (κ2) is 9.02. The molecule has 1 fully saturated rings. The fourth-order valence-corrected chi connectivity index (χ4v) is 3.92. The molecule has 1 aliphatic heterocycles. The highest BCUT2D eigenvalue weighted by Crippen LogP contribution is 2.25. The third kappa shape index (κ3) is 5.06. The smallest absolute Gasteiger partial charge is 0.230 e. The van der Waals surface area contributed by atoms with Gasteiger partial charge in [-0.2, -0.15) is 0 Å².